The molecule has 0 fully saturated rings. The van der Waals surface area contributed by atoms with Crippen molar-refractivity contribution in [1.82, 2.24) is 0 Å². The molecule has 0 aromatic heterocycles. The molecule has 0 saturated heterocycles. The van der Waals surface area contributed by atoms with Crippen LogP contribution in [0.1, 0.15) is 17.0 Å². The van der Waals surface area contributed by atoms with E-state index < -0.39 is 25.7 Å². The summed E-state index contributed by atoms with van der Waals surface area (Å²) in [6, 6.07) is 4.98. The van der Waals surface area contributed by atoms with Gasteiger partial charge >= 0.3 is 6.18 Å². The highest BCUT2D eigenvalue weighted by Gasteiger charge is 2.30. The normalized spacial score (nSPS) is 13.6. The summed E-state index contributed by atoms with van der Waals surface area (Å²) >= 11 is 0. The third-order valence-electron chi connectivity index (χ3n) is 2.42. The zero-order valence-corrected chi connectivity index (χ0v) is 12.2. The Morgan fingerprint density at radius 1 is 1.26 bits per heavy atom. The maximum Gasteiger partial charge on any atom is 0.416 e. The van der Waals surface area contributed by atoms with E-state index in [0.717, 1.165) is 12.1 Å². The van der Waals surface area contributed by atoms with Gasteiger partial charge in [0.05, 0.1) is 18.1 Å². The number of benzene rings is 1. The summed E-state index contributed by atoms with van der Waals surface area (Å²) in [6.45, 7) is 5.85. The van der Waals surface area contributed by atoms with Crippen LogP contribution in [0.2, 0.25) is 19.6 Å². The quantitative estimate of drug-likeness (QED) is 0.650. The number of aliphatic hydroxyl groups is 1. The summed E-state index contributed by atoms with van der Waals surface area (Å²) in [5.74, 6) is 2.34. The lowest BCUT2D eigenvalue weighted by Crippen LogP contribution is -2.17. The van der Waals surface area contributed by atoms with Gasteiger partial charge in [-0.05, 0) is 11.6 Å². The van der Waals surface area contributed by atoms with Crippen molar-refractivity contribution >= 4 is 8.07 Å². The first kappa shape index (κ1) is 15.8. The molecule has 1 rings (SSSR count). The minimum absolute atomic E-state index is 0.279. The number of hydrogen-bond donors (Lipinski definition) is 1. The molecule has 19 heavy (non-hydrogen) atoms. The minimum atomic E-state index is -4.37. The van der Waals surface area contributed by atoms with Gasteiger partial charge < -0.3 is 5.11 Å². The number of hydrogen-bond acceptors (Lipinski definition) is 1. The lowest BCUT2D eigenvalue weighted by molar-refractivity contribution is -0.137. The van der Waals surface area contributed by atoms with Crippen LogP contribution in [0.4, 0.5) is 13.2 Å². The molecule has 0 aliphatic heterocycles. The van der Waals surface area contributed by atoms with Crippen molar-refractivity contribution in [3.63, 3.8) is 0 Å². The molecule has 0 spiro atoms. The predicted octanol–water partition coefficient (Wildman–Crippen LogP) is 3.66. The second kappa shape index (κ2) is 5.80. The Morgan fingerprint density at radius 2 is 1.89 bits per heavy atom. The Bertz CT molecular complexity index is 492. The summed E-state index contributed by atoms with van der Waals surface area (Å²) in [6.07, 6.45) is -4.37. The molecular weight excluding hydrogens is 269 g/mol. The molecule has 0 radical (unpaired) electrons. The third-order valence-corrected chi connectivity index (χ3v) is 3.31. The molecule has 1 aromatic rings. The van der Waals surface area contributed by atoms with Gasteiger partial charge in [0, 0.05) is 0 Å². The van der Waals surface area contributed by atoms with Crippen LogP contribution in [0.5, 0.6) is 0 Å². The Hall–Kier alpha value is -1.25. The molecule has 104 valence electrons. The van der Waals surface area contributed by atoms with E-state index in [1.807, 2.05) is 19.6 Å². The van der Waals surface area contributed by atoms with Gasteiger partial charge in [-0.2, -0.15) is 13.2 Å². The second-order valence-corrected chi connectivity index (χ2v) is 10.1. The largest absolute Gasteiger partial charge is 0.416 e. The van der Waals surface area contributed by atoms with Crippen LogP contribution in [-0.2, 0) is 6.18 Å². The van der Waals surface area contributed by atoms with E-state index in [4.69, 9.17) is 0 Å². The molecule has 1 unspecified atom stereocenters. The minimum Gasteiger partial charge on any atom is -0.395 e. The molecule has 0 amide bonds. The van der Waals surface area contributed by atoms with Crippen molar-refractivity contribution in [2.24, 2.45) is 0 Å². The Morgan fingerprint density at radius 3 is 2.37 bits per heavy atom. The van der Waals surface area contributed by atoms with Gasteiger partial charge in [-0.25, -0.2) is 0 Å². The van der Waals surface area contributed by atoms with Crippen LogP contribution in [0, 0.1) is 11.5 Å². The van der Waals surface area contributed by atoms with E-state index in [1.54, 1.807) is 6.07 Å². The van der Waals surface area contributed by atoms with Crippen LogP contribution >= 0.6 is 0 Å². The van der Waals surface area contributed by atoms with Crippen molar-refractivity contribution in [2.75, 3.05) is 6.61 Å². The maximum atomic E-state index is 12.6. The smallest absolute Gasteiger partial charge is 0.395 e. The highest BCUT2D eigenvalue weighted by atomic mass is 28.3. The first-order valence-corrected chi connectivity index (χ1v) is 9.44. The van der Waals surface area contributed by atoms with Crippen LogP contribution in [0.25, 0.3) is 0 Å². The molecule has 1 atom stereocenters. The molecule has 0 aliphatic rings. The topological polar surface area (TPSA) is 20.2 Å². The average Bonchev–Trinajstić information content (AvgIpc) is 2.27. The highest BCUT2D eigenvalue weighted by Crippen LogP contribution is 2.31. The van der Waals surface area contributed by atoms with Gasteiger partial charge in [-0.15, -0.1) is 5.54 Å². The number of halogens is 3. The van der Waals surface area contributed by atoms with E-state index in [9.17, 15) is 18.3 Å². The molecule has 1 N–H and O–H groups in total. The Balaban J connectivity index is 3.09. The van der Waals surface area contributed by atoms with Crippen molar-refractivity contribution in [3.8, 4) is 11.5 Å². The maximum absolute atomic E-state index is 12.6. The summed E-state index contributed by atoms with van der Waals surface area (Å²) in [7, 11) is -1.61. The summed E-state index contributed by atoms with van der Waals surface area (Å²) < 4.78 is 37.9. The molecule has 1 nitrogen and oxygen atoms in total. The van der Waals surface area contributed by atoms with Gasteiger partial charge in [0.15, 0.2) is 0 Å². The number of aliphatic hydroxyl groups excluding tert-OH is 1. The second-order valence-electron chi connectivity index (χ2n) is 5.38. The standard InChI is InChI=1S/C14H17F3OSi/c1-19(2,3)8-7-12(10-18)11-5-4-6-13(9-11)14(15,16)17/h4-6,9,12,18H,10H2,1-3H3. The highest BCUT2D eigenvalue weighted by molar-refractivity contribution is 6.83. The van der Waals surface area contributed by atoms with E-state index in [1.165, 1.54) is 6.07 Å². The molecule has 0 heterocycles. The van der Waals surface area contributed by atoms with Crippen molar-refractivity contribution < 1.29 is 18.3 Å². The van der Waals surface area contributed by atoms with Gasteiger partial charge in [-0.1, -0.05) is 43.8 Å². The van der Waals surface area contributed by atoms with E-state index >= 15 is 0 Å². The van der Waals surface area contributed by atoms with Crippen molar-refractivity contribution in [2.45, 2.75) is 31.7 Å². The lowest BCUT2D eigenvalue weighted by atomic mass is 9.99. The van der Waals surface area contributed by atoms with Crippen LogP contribution in [-0.4, -0.2) is 19.8 Å². The van der Waals surface area contributed by atoms with Crippen molar-refractivity contribution in [1.29, 1.82) is 0 Å². The van der Waals surface area contributed by atoms with Gasteiger partial charge in [-0.3, -0.25) is 0 Å². The third kappa shape index (κ3) is 5.09. The molecule has 1 aromatic carbocycles. The summed E-state index contributed by atoms with van der Waals surface area (Å²) in [4.78, 5) is 0. The van der Waals surface area contributed by atoms with E-state index in [0.29, 0.717) is 5.56 Å². The number of alkyl halides is 3. The summed E-state index contributed by atoms with van der Waals surface area (Å²) in [5, 5.41) is 9.30. The average molecular weight is 286 g/mol. The molecule has 5 heteroatoms. The van der Waals surface area contributed by atoms with Gasteiger partial charge in [0.25, 0.3) is 0 Å². The first-order valence-electron chi connectivity index (χ1n) is 5.94. The van der Waals surface area contributed by atoms with Gasteiger partial charge in [0.2, 0.25) is 0 Å². The zero-order chi connectivity index (χ0) is 14.7. The van der Waals surface area contributed by atoms with E-state index in [2.05, 4.69) is 11.5 Å². The predicted molar refractivity (Wildman–Crippen MR) is 72.4 cm³/mol. The Labute approximate surface area is 112 Å². The van der Waals surface area contributed by atoms with Crippen molar-refractivity contribution in [3.05, 3.63) is 35.4 Å². The fourth-order valence-electron chi connectivity index (χ4n) is 1.47. The van der Waals surface area contributed by atoms with Gasteiger partial charge in [0.1, 0.15) is 8.07 Å². The molecule has 0 bridgehead atoms. The first-order chi connectivity index (χ1) is 8.63. The molecular formula is C14H17F3OSi. The fourth-order valence-corrected chi connectivity index (χ4v) is 2.08. The fraction of sp³-hybridized carbons (Fsp3) is 0.429. The van der Waals surface area contributed by atoms with Crippen LogP contribution < -0.4 is 0 Å². The van der Waals surface area contributed by atoms with Crippen LogP contribution in [0.3, 0.4) is 0 Å². The Kier molecular flexibility index (Phi) is 4.83. The van der Waals surface area contributed by atoms with Crippen LogP contribution in [0.15, 0.2) is 24.3 Å². The SMILES string of the molecule is C[Si](C)(C)C#CC(CO)c1cccc(C(F)(F)F)c1. The summed E-state index contributed by atoms with van der Waals surface area (Å²) in [5.41, 5.74) is 2.77. The molecule has 0 saturated carbocycles. The molecule has 0 aliphatic carbocycles. The monoisotopic (exact) mass is 286 g/mol. The van der Waals surface area contributed by atoms with E-state index in [-0.39, 0.29) is 6.61 Å². The number of rotatable bonds is 2. The lowest BCUT2D eigenvalue weighted by Gasteiger charge is -2.13. The zero-order valence-electron chi connectivity index (χ0n) is 11.2.